The predicted molar refractivity (Wildman–Crippen MR) is 76.3 cm³/mol. The summed E-state index contributed by atoms with van der Waals surface area (Å²) in [6.07, 6.45) is 0. The van der Waals surface area contributed by atoms with Gasteiger partial charge in [-0.05, 0) is 54.7 Å². The zero-order valence-corrected chi connectivity index (χ0v) is 12.8. The lowest BCUT2D eigenvalue weighted by Crippen LogP contribution is -1.92. The van der Waals surface area contributed by atoms with E-state index in [2.05, 4.69) is 61.1 Å². The van der Waals surface area contributed by atoms with Crippen molar-refractivity contribution in [1.82, 2.24) is 0 Å². The summed E-state index contributed by atoms with van der Waals surface area (Å²) in [6, 6.07) is 3.93. The molecule has 0 atom stereocenters. The van der Waals surface area contributed by atoms with E-state index in [1.807, 2.05) is 16.2 Å². The molecule has 0 amide bonds. The van der Waals surface area contributed by atoms with Crippen LogP contribution in [-0.2, 0) is 0 Å². The maximum atomic E-state index is 5.31. The van der Waals surface area contributed by atoms with Crippen LogP contribution >= 0.6 is 61.1 Å². The number of fused-ring (bicyclic) bond motifs is 1. The average molecular weight is 479 g/mol. The Bertz CT molecular complexity index is 404. The minimum absolute atomic E-state index is 0.315. The molecule has 1 aromatic rings. The highest BCUT2D eigenvalue weighted by molar-refractivity contribution is 14.1. The van der Waals surface area contributed by atoms with Crippen molar-refractivity contribution in [3.8, 4) is 11.5 Å². The highest BCUT2D eigenvalue weighted by Gasteiger charge is 2.16. The maximum absolute atomic E-state index is 5.31. The molecule has 0 radical (unpaired) electrons. The summed E-state index contributed by atoms with van der Waals surface area (Å²) in [6.45, 7) is 0.315. The Morgan fingerprint density at radius 1 is 1.36 bits per heavy atom. The smallest absolute Gasteiger partial charge is 0.231 e. The summed E-state index contributed by atoms with van der Waals surface area (Å²) in [5, 5.41) is 0. The van der Waals surface area contributed by atoms with Crippen LogP contribution in [0.3, 0.4) is 0 Å². The van der Waals surface area contributed by atoms with Crippen molar-refractivity contribution < 1.29 is 9.47 Å². The Kier molecular flexibility index (Phi) is 3.59. The fourth-order valence-corrected chi connectivity index (χ4v) is 2.85. The summed E-state index contributed by atoms with van der Waals surface area (Å²) in [7, 11) is 0. The molecule has 1 aliphatic rings. The van der Waals surface area contributed by atoms with Crippen LogP contribution in [0.2, 0.25) is 0 Å². The number of rotatable bonds is 1. The zero-order chi connectivity index (χ0) is 10.1. The Hall–Kier alpha value is 0.500. The summed E-state index contributed by atoms with van der Waals surface area (Å²) >= 11 is 8.02. The lowest BCUT2D eigenvalue weighted by atomic mass is 10.2. The van der Waals surface area contributed by atoms with Gasteiger partial charge in [0.05, 0.1) is 0 Å². The first-order chi connectivity index (χ1) is 6.72. The molecule has 5 heteroatoms. The van der Waals surface area contributed by atoms with Gasteiger partial charge in [0.2, 0.25) is 6.79 Å². The van der Waals surface area contributed by atoms with E-state index in [4.69, 9.17) is 9.47 Å². The van der Waals surface area contributed by atoms with Gasteiger partial charge in [-0.3, -0.25) is 0 Å². The van der Waals surface area contributed by atoms with Gasteiger partial charge in [-0.1, -0.05) is 22.6 Å². The highest BCUT2D eigenvalue weighted by atomic mass is 127. The molecule has 2 nitrogen and oxygen atoms in total. The van der Waals surface area contributed by atoms with Crippen molar-refractivity contribution in [2.24, 2.45) is 0 Å². The monoisotopic (exact) mass is 478 g/mol. The van der Waals surface area contributed by atoms with Gasteiger partial charge in [0.25, 0.3) is 0 Å². The first-order valence-corrected chi connectivity index (χ1v) is 6.89. The second-order valence-electron chi connectivity index (χ2n) is 2.64. The van der Waals surface area contributed by atoms with Crippen LogP contribution in [0.15, 0.2) is 20.7 Å². The van der Waals surface area contributed by atoms with Gasteiger partial charge in [-0.15, -0.1) is 0 Å². The van der Waals surface area contributed by atoms with E-state index >= 15 is 0 Å². The SMILES string of the molecule is Brc1cc2c(cc1/C(I)=C\I)OCO2. The molecule has 0 aliphatic carbocycles. The molecule has 2 rings (SSSR count). The predicted octanol–water partition coefficient (Wildman–Crippen LogP) is 4.35. The molecule has 0 fully saturated rings. The number of halogens is 3. The average Bonchev–Trinajstić information content (AvgIpc) is 2.62. The quantitative estimate of drug-likeness (QED) is 0.559. The van der Waals surface area contributed by atoms with E-state index in [0.29, 0.717) is 6.79 Å². The van der Waals surface area contributed by atoms with Crippen molar-refractivity contribution in [3.63, 3.8) is 0 Å². The van der Waals surface area contributed by atoms with Crippen LogP contribution in [-0.4, -0.2) is 6.79 Å². The van der Waals surface area contributed by atoms with Crippen molar-refractivity contribution in [2.45, 2.75) is 0 Å². The number of benzene rings is 1. The third-order valence-electron chi connectivity index (χ3n) is 1.82. The molecule has 0 saturated heterocycles. The second-order valence-corrected chi connectivity index (χ2v) is 5.28. The highest BCUT2D eigenvalue weighted by Crippen LogP contribution is 2.41. The molecular formula is C9H5BrI2O2. The van der Waals surface area contributed by atoms with Crippen molar-refractivity contribution >= 4 is 64.7 Å². The van der Waals surface area contributed by atoms with Crippen LogP contribution < -0.4 is 9.47 Å². The molecule has 0 bridgehead atoms. The Labute approximate surface area is 117 Å². The Balaban J connectivity index is 2.53. The number of hydrogen-bond donors (Lipinski definition) is 0. The molecule has 1 heterocycles. The van der Waals surface area contributed by atoms with Crippen LogP contribution in [0.5, 0.6) is 11.5 Å². The zero-order valence-electron chi connectivity index (χ0n) is 6.89. The molecule has 0 unspecified atom stereocenters. The lowest BCUT2D eigenvalue weighted by Gasteiger charge is -2.04. The van der Waals surface area contributed by atoms with Gasteiger partial charge in [0, 0.05) is 13.6 Å². The van der Waals surface area contributed by atoms with E-state index < -0.39 is 0 Å². The minimum atomic E-state index is 0.315. The fraction of sp³-hybridized carbons (Fsp3) is 0.111. The van der Waals surface area contributed by atoms with Crippen LogP contribution in [0.25, 0.3) is 3.58 Å². The van der Waals surface area contributed by atoms with Gasteiger partial charge < -0.3 is 9.47 Å². The third-order valence-corrected chi connectivity index (χ3v) is 5.18. The van der Waals surface area contributed by atoms with Crippen molar-refractivity contribution in [2.75, 3.05) is 6.79 Å². The molecule has 1 aromatic carbocycles. The normalized spacial score (nSPS) is 14.6. The molecule has 1 aliphatic heterocycles. The molecule has 0 saturated carbocycles. The molecular weight excluding hydrogens is 474 g/mol. The first-order valence-electron chi connectivity index (χ1n) is 3.78. The standard InChI is InChI=1S/C9H5BrI2O2/c10-6-2-9-8(13-4-14-9)1-5(6)7(12)3-11/h1-3H,4H2/b7-3+. The van der Waals surface area contributed by atoms with Gasteiger partial charge in [0.1, 0.15) is 0 Å². The second kappa shape index (κ2) is 4.56. The number of ether oxygens (including phenoxy) is 2. The molecule has 0 N–H and O–H groups in total. The van der Waals surface area contributed by atoms with Gasteiger partial charge in [-0.25, -0.2) is 0 Å². The van der Waals surface area contributed by atoms with Gasteiger partial charge >= 0.3 is 0 Å². The van der Waals surface area contributed by atoms with E-state index in [1.165, 1.54) is 3.58 Å². The third kappa shape index (κ3) is 2.04. The largest absolute Gasteiger partial charge is 0.454 e. The van der Waals surface area contributed by atoms with E-state index in [0.717, 1.165) is 21.5 Å². The van der Waals surface area contributed by atoms with Crippen LogP contribution in [0, 0.1) is 0 Å². The minimum Gasteiger partial charge on any atom is -0.454 e. The summed E-state index contributed by atoms with van der Waals surface area (Å²) < 4.78 is 14.8. The number of hydrogen-bond acceptors (Lipinski definition) is 2. The Morgan fingerprint density at radius 2 is 2.00 bits per heavy atom. The van der Waals surface area contributed by atoms with E-state index in [9.17, 15) is 0 Å². The van der Waals surface area contributed by atoms with Crippen molar-refractivity contribution in [3.05, 3.63) is 26.3 Å². The van der Waals surface area contributed by atoms with Gasteiger partial charge in [-0.2, -0.15) is 0 Å². The topological polar surface area (TPSA) is 18.5 Å². The Morgan fingerprint density at radius 3 is 2.64 bits per heavy atom. The van der Waals surface area contributed by atoms with Crippen molar-refractivity contribution in [1.29, 1.82) is 0 Å². The lowest BCUT2D eigenvalue weighted by molar-refractivity contribution is 0.174. The van der Waals surface area contributed by atoms with E-state index in [-0.39, 0.29) is 0 Å². The van der Waals surface area contributed by atoms with Gasteiger partial charge in [0.15, 0.2) is 11.5 Å². The molecule has 0 spiro atoms. The maximum Gasteiger partial charge on any atom is 0.231 e. The summed E-state index contributed by atoms with van der Waals surface area (Å²) in [5.74, 6) is 1.62. The molecule has 14 heavy (non-hydrogen) atoms. The summed E-state index contributed by atoms with van der Waals surface area (Å²) in [5.41, 5.74) is 1.13. The summed E-state index contributed by atoms with van der Waals surface area (Å²) in [4.78, 5) is 0. The first kappa shape index (κ1) is 11.0. The molecule has 0 aromatic heterocycles. The van der Waals surface area contributed by atoms with Crippen LogP contribution in [0.4, 0.5) is 0 Å². The van der Waals surface area contributed by atoms with Crippen LogP contribution in [0.1, 0.15) is 5.56 Å². The molecule has 74 valence electrons. The fourth-order valence-electron chi connectivity index (χ4n) is 1.16. The van der Waals surface area contributed by atoms with E-state index in [1.54, 1.807) is 0 Å².